The van der Waals surface area contributed by atoms with Crippen molar-refractivity contribution in [3.63, 3.8) is 0 Å². The number of fused-ring (bicyclic) bond motifs is 1. The maximum absolute atomic E-state index is 10.1. The lowest BCUT2D eigenvalue weighted by Gasteiger charge is -2.29. The van der Waals surface area contributed by atoms with Crippen LogP contribution in [-0.4, -0.2) is 47.3 Å². The zero-order valence-corrected chi connectivity index (χ0v) is 15.7. The van der Waals surface area contributed by atoms with E-state index in [9.17, 15) is 10.5 Å². The van der Waals surface area contributed by atoms with Crippen molar-refractivity contribution >= 4 is 5.84 Å². The van der Waals surface area contributed by atoms with Crippen molar-refractivity contribution in [1.29, 1.82) is 10.5 Å². The van der Waals surface area contributed by atoms with Crippen molar-refractivity contribution in [2.24, 2.45) is 21.6 Å². The maximum atomic E-state index is 10.1. The number of nitrogens with two attached hydrogens (primary N) is 1. The Labute approximate surface area is 156 Å². The monoisotopic (exact) mass is 372 g/mol. The minimum atomic E-state index is -1.69. The minimum Gasteiger partial charge on any atom is -0.493 e. The number of aliphatic imine (C=N–C) groups is 1. The van der Waals surface area contributed by atoms with E-state index < -0.39 is 22.7 Å². The first-order valence-corrected chi connectivity index (χ1v) is 8.02. The van der Waals surface area contributed by atoms with Gasteiger partial charge in [-0.05, 0) is 17.7 Å². The van der Waals surface area contributed by atoms with E-state index in [2.05, 4.69) is 17.1 Å². The summed E-state index contributed by atoms with van der Waals surface area (Å²) in [7, 11) is 7.18. The minimum absolute atomic E-state index is 0.00555. The third-order valence-corrected chi connectivity index (χ3v) is 5.50. The van der Waals surface area contributed by atoms with Crippen LogP contribution in [0.3, 0.4) is 0 Å². The molecule has 1 aromatic rings. The lowest BCUT2D eigenvalue weighted by atomic mass is 9.93. The van der Waals surface area contributed by atoms with Gasteiger partial charge in [-0.15, -0.1) is 0 Å². The Morgan fingerprint density at radius 1 is 0.963 bits per heavy atom. The van der Waals surface area contributed by atoms with Crippen LogP contribution in [0, 0.1) is 33.5 Å². The summed E-state index contributed by atoms with van der Waals surface area (Å²) < 4.78 is 27.0. The number of hydrogen-bond donors (Lipinski definition) is 1. The molecule has 27 heavy (non-hydrogen) atoms. The van der Waals surface area contributed by atoms with Gasteiger partial charge in [0, 0.05) is 20.1 Å². The van der Waals surface area contributed by atoms with Crippen LogP contribution < -0.4 is 19.9 Å². The fourth-order valence-electron chi connectivity index (χ4n) is 4.29. The average Bonchev–Trinajstić information content (AvgIpc) is 3.28. The first kappa shape index (κ1) is 18.8. The third-order valence-electron chi connectivity index (χ3n) is 5.50. The molecule has 3 rings (SSSR count). The third kappa shape index (κ3) is 1.85. The van der Waals surface area contributed by atoms with Gasteiger partial charge < -0.3 is 29.4 Å². The molecular formula is C18H20N4O5. The highest BCUT2D eigenvalue weighted by Crippen LogP contribution is 2.82. The van der Waals surface area contributed by atoms with Crippen LogP contribution in [0.1, 0.15) is 11.5 Å². The predicted octanol–water partition coefficient (Wildman–Crippen LogP) is 1.15. The van der Waals surface area contributed by atoms with E-state index in [1.807, 2.05) is 0 Å². The van der Waals surface area contributed by atoms with Gasteiger partial charge in [-0.3, -0.25) is 0 Å². The smallest absolute Gasteiger partial charge is 0.292 e. The van der Waals surface area contributed by atoms with Crippen LogP contribution in [0.25, 0.3) is 0 Å². The van der Waals surface area contributed by atoms with Gasteiger partial charge in [0.2, 0.25) is 5.75 Å². The summed E-state index contributed by atoms with van der Waals surface area (Å²) in [4.78, 5) is 4.19. The van der Waals surface area contributed by atoms with E-state index in [-0.39, 0.29) is 5.84 Å². The lowest BCUT2D eigenvalue weighted by molar-refractivity contribution is -0.230. The summed E-state index contributed by atoms with van der Waals surface area (Å²) in [5.74, 6) is -1.16. The topological polar surface area (TPSA) is 132 Å². The van der Waals surface area contributed by atoms with Gasteiger partial charge in [-0.25, -0.2) is 4.99 Å². The normalized spacial score (nSPS) is 29.7. The highest BCUT2D eigenvalue weighted by Gasteiger charge is 2.93. The summed E-state index contributed by atoms with van der Waals surface area (Å²) in [6.07, 6.45) is 0. The standard InChI is InChI=1S/C18H20N4O5/c1-23-11-6-10(7-12(24-2)13(11)25-3)14-16(8-19)15(21)22-18(26-4,27-5)17(14,16)9-20/h6-7,14H,1-5H3,(H2,21,22)/t14-,16+,17-/m1/s1. The first-order chi connectivity index (χ1) is 12.9. The molecule has 1 heterocycles. The number of rotatable bonds is 6. The first-order valence-electron chi connectivity index (χ1n) is 8.02. The summed E-state index contributed by atoms with van der Waals surface area (Å²) in [5.41, 5.74) is 3.87. The highest BCUT2D eigenvalue weighted by molar-refractivity contribution is 6.00. The van der Waals surface area contributed by atoms with Crippen LogP contribution in [0.15, 0.2) is 17.1 Å². The maximum Gasteiger partial charge on any atom is 0.292 e. The number of amidine groups is 1. The fraction of sp³-hybridized carbons (Fsp3) is 0.500. The molecule has 9 heteroatoms. The van der Waals surface area contributed by atoms with Crippen molar-refractivity contribution in [3.8, 4) is 29.4 Å². The second kappa shape index (κ2) is 6.02. The van der Waals surface area contributed by atoms with E-state index >= 15 is 0 Å². The van der Waals surface area contributed by atoms with E-state index in [0.717, 1.165) is 0 Å². The lowest BCUT2D eigenvalue weighted by Crippen LogP contribution is -2.41. The van der Waals surface area contributed by atoms with E-state index in [1.165, 1.54) is 35.5 Å². The Bertz CT molecular complexity index is 873. The number of methoxy groups -OCH3 is 5. The molecule has 3 atom stereocenters. The van der Waals surface area contributed by atoms with Crippen LogP contribution in [0.2, 0.25) is 0 Å². The number of nitrogens with zero attached hydrogens (tertiary/aromatic N) is 3. The van der Waals surface area contributed by atoms with E-state index in [0.29, 0.717) is 22.8 Å². The number of nitriles is 2. The summed E-state index contributed by atoms with van der Waals surface area (Å²) in [6.45, 7) is 0. The fourth-order valence-corrected chi connectivity index (χ4v) is 4.29. The highest BCUT2D eigenvalue weighted by atomic mass is 16.7. The Hall–Kier alpha value is -3.01. The van der Waals surface area contributed by atoms with Crippen molar-refractivity contribution in [3.05, 3.63) is 17.7 Å². The second-order valence-electron chi connectivity index (χ2n) is 6.22. The Kier molecular flexibility index (Phi) is 4.18. The second-order valence-corrected chi connectivity index (χ2v) is 6.22. The molecule has 1 saturated carbocycles. The zero-order valence-electron chi connectivity index (χ0n) is 15.7. The molecular weight excluding hydrogens is 352 g/mol. The Morgan fingerprint density at radius 2 is 1.52 bits per heavy atom. The molecule has 0 amide bonds. The molecule has 0 spiro atoms. The number of ether oxygens (including phenoxy) is 5. The molecule has 0 unspecified atom stereocenters. The van der Waals surface area contributed by atoms with Gasteiger partial charge in [0.05, 0.1) is 33.5 Å². The van der Waals surface area contributed by atoms with E-state index in [4.69, 9.17) is 29.4 Å². The van der Waals surface area contributed by atoms with Crippen molar-refractivity contribution in [2.75, 3.05) is 35.5 Å². The summed E-state index contributed by atoms with van der Waals surface area (Å²) >= 11 is 0. The molecule has 9 nitrogen and oxygen atoms in total. The van der Waals surface area contributed by atoms with Gasteiger partial charge in [-0.2, -0.15) is 10.5 Å². The van der Waals surface area contributed by atoms with Gasteiger partial charge in [0.1, 0.15) is 11.3 Å². The molecule has 1 fully saturated rings. The van der Waals surface area contributed by atoms with Gasteiger partial charge in [0.15, 0.2) is 16.9 Å². The van der Waals surface area contributed by atoms with Crippen molar-refractivity contribution in [2.45, 2.75) is 11.8 Å². The molecule has 1 aliphatic heterocycles. The Balaban J connectivity index is 2.27. The molecule has 0 saturated heterocycles. The molecule has 0 aromatic heterocycles. The molecule has 2 N–H and O–H groups in total. The molecule has 0 radical (unpaired) electrons. The summed E-state index contributed by atoms with van der Waals surface area (Å²) in [5, 5.41) is 20.1. The molecule has 1 aromatic carbocycles. The molecule has 0 bridgehead atoms. The molecule has 1 aliphatic carbocycles. The zero-order chi connectivity index (χ0) is 20.0. The largest absolute Gasteiger partial charge is 0.493 e. The van der Waals surface area contributed by atoms with Crippen molar-refractivity contribution < 1.29 is 23.7 Å². The van der Waals surface area contributed by atoms with Gasteiger partial charge in [-0.1, -0.05) is 0 Å². The Morgan fingerprint density at radius 3 is 1.89 bits per heavy atom. The number of benzene rings is 1. The van der Waals surface area contributed by atoms with Crippen LogP contribution in [0.4, 0.5) is 0 Å². The SMILES string of the molecule is COc1cc([C@H]2[C@@]3(C#N)C(OC)(OC)N=C(N)[C@]23C#N)cc(OC)c1OC. The van der Waals surface area contributed by atoms with Crippen LogP contribution >= 0.6 is 0 Å². The van der Waals surface area contributed by atoms with Crippen molar-refractivity contribution in [1.82, 2.24) is 0 Å². The number of hydrogen-bond acceptors (Lipinski definition) is 9. The quantitative estimate of drug-likeness (QED) is 0.735. The molecule has 142 valence electrons. The predicted molar refractivity (Wildman–Crippen MR) is 93.3 cm³/mol. The molecule has 2 aliphatic rings. The van der Waals surface area contributed by atoms with Crippen LogP contribution in [0.5, 0.6) is 17.2 Å². The van der Waals surface area contributed by atoms with Gasteiger partial charge in [0.25, 0.3) is 5.91 Å². The average molecular weight is 372 g/mol. The van der Waals surface area contributed by atoms with Gasteiger partial charge >= 0.3 is 0 Å². The summed E-state index contributed by atoms with van der Waals surface area (Å²) in [6, 6.07) is 7.75. The van der Waals surface area contributed by atoms with Crippen LogP contribution in [-0.2, 0) is 9.47 Å². The van der Waals surface area contributed by atoms with E-state index in [1.54, 1.807) is 12.1 Å².